The molecule has 6 heteroatoms. The molecule has 25 heavy (non-hydrogen) atoms. The molecule has 6 nitrogen and oxygen atoms in total. The highest BCUT2D eigenvalue weighted by Gasteiger charge is 2.03. The van der Waals surface area contributed by atoms with Crippen LogP contribution in [-0.4, -0.2) is 31.1 Å². The Bertz CT molecular complexity index is 525. The van der Waals surface area contributed by atoms with Gasteiger partial charge in [-0.1, -0.05) is 31.9 Å². The first-order valence-corrected chi connectivity index (χ1v) is 9.23. The third-order valence-electron chi connectivity index (χ3n) is 3.47. The van der Waals surface area contributed by atoms with E-state index in [0.29, 0.717) is 6.54 Å². The lowest BCUT2D eigenvalue weighted by molar-refractivity contribution is 0.250. The summed E-state index contributed by atoms with van der Waals surface area (Å²) >= 11 is 0. The number of amides is 2. The SMILES string of the molecule is CCCCCNC(=NCc1ccc(NC(=O)NC(C)C)cc1)NCC. The number of nitrogens with zero attached hydrogens (tertiary/aromatic N) is 1. The predicted octanol–water partition coefficient (Wildman–Crippen LogP) is 3.46. The molecule has 0 unspecified atom stereocenters. The molecular formula is C19H33N5O. The van der Waals surface area contributed by atoms with Crippen LogP contribution in [0.3, 0.4) is 0 Å². The fraction of sp³-hybridized carbons (Fsp3) is 0.579. The summed E-state index contributed by atoms with van der Waals surface area (Å²) in [5, 5.41) is 12.2. The first kappa shape index (κ1) is 20.8. The zero-order chi connectivity index (χ0) is 18.5. The average Bonchev–Trinajstić information content (AvgIpc) is 2.57. The lowest BCUT2D eigenvalue weighted by atomic mass is 10.2. The highest BCUT2D eigenvalue weighted by atomic mass is 16.2. The lowest BCUT2D eigenvalue weighted by Crippen LogP contribution is -2.37. The molecule has 140 valence electrons. The number of urea groups is 1. The summed E-state index contributed by atoms with van der Waals surface area (Å²) in [5.74, 6) is 0.845. The van der Waals surface area contributed by atoms with E-state index in [9.17, 15) is 4.79 Å². The number of aliphatic imine (C=N–C) groups is 1. The van der Waals surface area contributed by atoms with Gasteiger partial charge in [0.2, 0.25) is 0 Å². The van der Waals surface area contributed by atoms with Crippen LogP contribution < -0.4 is 21.3 Å². The van der Waals surface area contributed by atoms with Gasteiger partial charge in [-0.25, -0.2) is 9.79 Å². The van der Waals surface area contributed by atoms with E-state index in [1.54, 1.807) is 0 Å². The van der Waals surface area contributed by atoms with E-state index in [1.807, 2.05) is 38.1 Å². The van der Waals surface area contributed by atoms with Gasteiger partial charge in [-0.05, 0) is 44.9 Å². The van der Waals surface area contributed by atoms with Crippen molar-refractivity contribution < 1.29 is 4.79 Å². The molecule has 0 bridgehead atoms. The molecule has 0 spiro atoms. The lowest BCUT2D eigenvalue weighted by Gasteiger charge is -2.12. The molecule has 0 aliphatic heterocycles. The van der Waals surface area contributed by atoms with Gasteiger partial charge in [-0.3, -0.25) is 0 Å². The standard InChI is InChI=1S/C19H33N5O/c1-5-7-8-13-21-18(20-6-2)22-14-16-9-11-17(12-10-16)24-19(25)23-15(3)4/h9-12,15H,5-8,13-14H2,1-4H3,(H2,20,21,22)(H2,23,24,25). The van der Waals surface area contributed by atoms with Gasteiger partial charge in [0.15, 0.2) is 5.96 Å². The molecular weight excluding hydrogens is 314 g/mol. The molecule has 0 saturated heterocycles. The quantitative estimate of drug-likeness (QED) is 0.314. The largest absolute Gasteiger partial charge is 0.357 e. The van der Waals surface area contributed by atoms with Gasteiger partial charge in [-0.2, -0.15) is 0 Å². The van der Waals surface area contributed by atoms with Crippen LogP contribution in [0.2, 0.25) is 0 Å². The smallest absolute Gasteiger partial charge is 0.319 e. The van der Waals surface area contributed by atoms with Crippen LogP contribution >= 0.6 is 0 Å². The summed E-state index contributed by atoms with van der Waals surface area (Å²) in [7, 11) is 0. The predicted molar refractivity (Wildman–Crippen MR) is 106 cm³/mol. The summed E-state index contributed by atoms with van der Waals surface area (Å²) in [6.45, 7) is 10.5. The molecule has 1 aromatic carbocycles. The van der Waals surface area contributed by atoms with Gasteiger partial charge >= 0.3 is 6.03 Å². The highest BCUT2D eigenvalue weighted by Crippen LogP contribution is 2.10. The Kier molecular flexibility index (Phi) is 10.1. The van der Waals surface area contributed by atoms with Crippen molar-refractivity contribution in [1.82, 2.24) is 16.0 Å². The van der Waals surface area contributed by atoms with E-state index in [4.69, 9.17) is 0 Å². The van der Waals surface area contributed by atoms with Crippen molar-refractivity contribution in [3.8, 4) is 0 Å². The van der Waals surface area contributed by atoms with Gasteiger partial charge < -0.3 is 21.3 Å². The van der Waals surface area contributed by atoms with Crippen LogP contribution in [0.25, 0.3) is 0 Å². The Hall–Kier alpha value is -2.24. The number of rotatable bonds is 9. The summed E-state index contributed by atoms with van der Waals surface area (Å²) in [5.41, 5.74) is 1.87. The second-order valence-electron chi connectivity index (χ2n) is 6.28. The molecule has 2 amide bonds. The molecule has 1 rings (SSSR count). The van der Waals surface area contributed by atoms with Gasteiger partial charge in [0, 0.05) is 24.8 Å². The van der Waals surface area contributed by atoms with E-state index in [2.05, 4.69) is 40.1 Å². The number of hydrogen-bond donors (Lipinski definition) is 4. The summed E-state index contributed by atoms with van der Waals surface area (Å²) in [6.07, 6.45) is 3.59. The van der Waals surface area contributed by atoms with Crippen molar-refractivity contribution in [2.45, 2.75) is 59.5 Å². The minimum absolute atomic E-state index is 0.114. The van der Waals surface area contributed by atoms with Crippen molar-refractivity contribution in [3.05, 3.63) is 29.8 Å². The zero-order valence-corrected chi connectivity index (χ0v) is 16.0. The number of benzene rings is 1. The van der Waals surface area contributed by atoms with Gasteiger partial charge in [-0.15, -0.1) is 0 Å². The Labute approximate surface area is 151 Å². The van der Waals surface area contributed by atoms with Crippen LogP contribution in [0, 0.1) is 0 Å². The summed E-state index contributed by atoms with van der Waals surface area (Å²) in [4.78, 5) is 16.3. The first-order valence-electron chi connectivity index (χ1n) is 9.23. The molecule has 0 aliphatic carbocycles. The Morgan fingerprint density at radius 1 is 1.08 bits per heavy atom. The van der Waals surface area contributed by atoms with E-state index >= 15 is 0 Å². The Balaban J connectivity index is 2.52. The molecule has 1 aromatic rings. The van der Waals surface area contributed by atoms with Gasteiger partial charge in [0.1, 0.15) is 0 Å². The number of unbranched alkanes of at least 4 members (excludes halogenated alkanes) is 2. The molecule has 0 atom stereocenters. The van der Waals surface area contributed by atoms with Crippen LogP contribution in [0.4, 0.5) is 10.5 Å². The van der Waals surface area contributed by atoms with Crippen molar-refractivity contribution in [2.24, 2.45) is 4.99 Å². The van der Waals surface area contributed by atoms with Gasteiger partial charge in [0.05, 0.1) is 6.54 Å². The maximum atomic E-state index is 11.7. The van der Waals surface area contributed by atoms with E-state index in [-0.39, 0.29) is 12.1 Å². The number of carbonyl (C=O) groups is 1. The maximum absolute atomic E-state index is 11.7. The number of anilines is 1. The Morgan fingerprint density at radius 2 is 1.80 bits per heavy atom. The topological polar surface area (TPSA) is 77.5 Å². The van der Waals surface area contributed by atoms with E-state index in [1.165, 1.54) is 12.8 Å². The van der Waals surface area contributed by atoms with Crippen LogP contribution in [-0.2, 0) is 6.54 Å². The molecule has 0 fully saturated rings. The summed E-state index contributed by atoms with van der Waals surface area (Å²) in [6, 6.07) is 7.68. The fourth-order valence-corrected chi connectivity index (χ4v) is 2.22. The maximum Gasteiger partial charge on any atom is 0.319 e. The minimum Gasteiger partial charge on any atom is -0.357 e. The molecule has 0 radical (unpaired) electrons. The van der Waals surface area contributed by atoms with Gasteiger partial charge in [0.25, 0.3) is 0 Å². The Morgan fingerprint density at radius 3 is 2.40 bits per heavy atom. The van der Waals surface area contributed by atoms with Crippen LogP contribution in [0.15, 0.2) is 29.3 Å². The monoisotopic (exact) mass is 347 g/mol. The van der Waals surface area contributed by atoms with Crippen LogP contribution in [0.1, 0.15) is 52.5 Å². The highest BCUT2D eigenvalue weighted by molar-refractivity contribution is 5.89. The zero-order valence-electron chi connectivity index (χ0n) is 16.0. The van der Waals surface area contributed by atoms with Crippen molar-refractivity contribution in [1.29, 1.82) is 0 Å². The normalized spacial score (nSPS) is 11.3. The van der Waals surface area contributed by atoms with Crippen molar-refractivity contribution >= 4 is 17.7 Å². The van der Waals surface area contributed by atoms with Crippen molar-refractivity contribution in [2.75, 3.05) is 18.4 Å². The third kappa shape index (κ3) is 9.59. The number of carbonyl (C=O) groups excluding carboxylic acids is 1. The second-order valence-corrected chi connectivity index (χ2v) is 6.28. The fourth-order valence-electron chi connectivity index (χ4n) is 2.22. The molecule has 0 aromatic heterocycles. The van der Waals surface area contributed by atoms with E-state index < -0.39 is 0 Å². The third-order valence-corrected chi connectivity index (χ3v) is 3.47. The molecule has 0 aliphatic rings. The molecule has 0 heterocycles. The number of nitrogens with one attached hydrogen (secondary N) is 4. The second kappa shape index (κ2) is 12.2. The number of guanidine groups is 1. The van der Waals surface area contributed by atoms with Crippen LogP contribution in [0.5, 0.6) is 0 Å². The molecule has 4 N–H and O–H groups in total. The van der Waals surface area contributed by atoms with E-state index in [0.717, 1.165) is 36.7 Å². The average molecular weight is 348 g/mol. The number of hydrogen-bond acceptors (Lipinski definition) is 2. The minimum atomic E-state index is -0.188. The summed E-state index contributed by atoms with van der Waals surface area (Å²) < 4.78 is 0. The van der Waals surface area contributed by atoms with Crippen molar-refractivity contribution in [3.63, 3.8) is 0 Å². The first-order chi connectivity index (χ1) is 12.0. The molecule has 0 saturated carbocycles.